The van der Waals surface area contributed by atoms with Gasteiger partial charge in [-0.15, -0.1) is 0 Å². The van der Waals surface area contributed by atoms with E-state index < -0.39 is 18.3 Å². The fourth-order valence-corrected chi connectivity index (χ4v) is 6.35. The molecule has 0 radical (unpaired) electrons. The molecule has 0 amide bonds. The fourth-order valence-electron chi connectivity index (χ4n) is 5.13. The molecule has 2 aliphatic heterocycles. The molecule has 0 aromatic heterocycles. The summed E-state index contributed by atoms with van der Waals surface area (Å²) in [4.78, 5) is 1.04. The summed E-state index contributed by atoms with van der Waals surface area (Å²) in [7, 11) is 0. The minimum atomic E-state index is -0.435. The Balaban J connectivity index is 1.35. The summed E-state index contributed by atoms with van der Waals surface area (Å²) in [5, 5.41) is 0. The van der Waals surface area contributed by atoms with Crippen molar-refractivity contribution in [2.24, 2.45) is 0 Å². The first-order valence-electron chi connectivity index (χ1n) is 14.3. The number of rotatable bonds is 9. The van der Waals surface area contributed by atoms with E-state index >= 15 is 0 Å². The lowest BCUT2D eigenvalue weighted by Gasteiger charge is -2.46. The minimum absolute atomic E-state index is 0.304. The minimum Gasteiger partial charge on any atom is -0.368 e. The van der Waals surface area contributed by atoms with Gasteiger partial charge in [-0.3, -0.25) is 0 Å². The van der Waals surface area contributed by atoms with E-state index in [1.165, 1.54) is 0 Å². The van der Waals surface area contributed by atoms with Crippen molar-refractivity contribution in [3.05, 3.63) is 138 Å². The Bertz CT molecular complexity index is 1450. The van der Waals surface area contributed by atoms with Gasteiger partial charge < -0.3 is 23.7 Å². The Labute approximate surface area is 252 Å². The van der Waals surface area contributed by atoms with Crippen molar-refractivity contribution in [1.82, 2.24) is 0 Å². The van der Waals surface area contributed by atoms with Gasteiger partial charge in [0.15, 0.2) is 0 Å². The molecule has 5 atom stereocenters. The normalized spacial score (nSPS) is 23.6. The van der Waals surface area contributed by atoms with Crippen LogP contribution in [0.15, 0.2) is 120 Å². The largest absolute Gasteiger partial charge is 0.368 e. The summed E-state index contributed by atoms with van der Waals surface area (Å²) in [6.45, 7) is 1.90. The fraction of sp³-hybridized carbons (Fsp3) is 0.278. The summed E-state index contributed by atoms with van der Waals surface area (Å²) in [5.41, 5.74) is 3.82. The van der Waals surface area contributed by atoms with Crippen molar-refractivity contribution >= 4 is 11.8 Å². The van der Waals surface area contributed by atoms with Gasteiger partial charge in [0.25, 0.3) is 0 Å². The Morgan fingerprint density at radius 1 is 0.619 bits per heavy atom. The van der Waals surface area contributed by atoms with Crippen LogP contribution in [0.4, 0.5) is 0 Å². The number of hydrogen-bond donors (Lipinski definition) is 0. The first kappa shape index (κ1) is 28.7. The summed E-state index contributed by atoms with van der Waals surface area (Å²) >= 11 is 1.62. The quantitative estimate of drug-likeness (QED) is 0.208. The highest BCUT2D eigenvalue weighted by molar-refractivity contribution is 7.99. The van der Waals surface area contributed by atoms with Gasteiger partial charge in [-0.25, -0.2) is 0 Å². The monoisotopic (exact) mass is 578 g/mol. The zero-order valence-corrected chi connectivity index (χ0v) is 24.2. The van der Waals surface area contributed by atoms with Crippen LogP contribution >= 0.6 is 11.8 Å². The van der Waals surface area contributed by atoms with E-state index in [0.29, 0.717) is 33.0 Å². The van der Waals surface area contributed by atoms with Gasteiger partial charge in [0.2, 0.25) is 0 Å². The van der Waals surface area contributed by atoms with Crippen molar-refractivity contribution in [3.63, 3.8) is 0 Å². The number of ether oxygens (including phenoxy) is 5. The third-order valence-electron chi connectivity index (χ3n) is 7.26. The molecule has 4 aromatic rings. The van der Waals surface area contributed by atoms with Crippen LogP contribution < -0.4 is 0 Å². The third kappa shape index (κ3) is 7.50. The average molecular weight is 579 g/mol. The number of benzene rings is 4. The van der Waals surface area contributed by atoms with Crippen LogP contribution in [0.25, 0.3) is 0 Å². The van der Waals surface area contributed by atoms with Crippen molar-refractivity contribution in [3.8, 4) is 11.8 Å². The SMILES string of the molecule is C1#Cc2ccccc2S[C@@H]2O[C@H](COC1)[C@H](OCc1ccccc1)[C@H](OCc1ccccc1)[C@H]2OCc1ccccc1. The molecule has 1 saturated heterocycles. The molecule has 214 valence electrons. The Morgan fingerprint density at radius 3 is 1.76 bits per heavy atom. The zero-order chi connectivity index (χ0) is 28.4. The van der Waals surface area contributed by atoms with E-state index in [4.69, 9.17) is 23.7 Å². The standard InChI is InChI=1S/C36H34O5S/c1-4-13-27(14-5-1)23-38-33-31-26-37-22-12-20-30-19-10-11-21-32(30)42-36(41-31)35(40-25-29-17-8-3-9-18-29)34(33)39-24-28-15-6-2-7-16-28/h1-11,13-19,21,31,33-36H,22-26H2/t31-,33+,34+,35-,36+/m1/s1. The highest BCUT2D eigenvalue weighted by atomic mass is 32.2. The molecule has 0 spiro atoms. The molecule has 0 unspecified atom stereocenters. The van der Waals surface area contributed by atoms with Crippen molar-refractivity contribution in [1.29, 1.82) is 0 Å². The van der Waals surface area contributed by atoms with Gasteiger partial charge in [0.05, 0.1) is 26.4 Å². The van der Waals surface area contributed by atoms with Crippen LogP contribution in [-0.4, -0.2) is 43.1 Å². The molecule has 5 nitrogen and oxygen atoms in total. The molecule has 1 fully saturated rings. The van der Waals surface area contributed by atoms with Crippen molar-refractivity contribution < 1.29 is 23.7 Å². The summed E-state index contributed by atoms with van der Waals surface area (Å²) in [6, 6.07) is 38.7. The molecule has 42 heavy (non-hydrogen) atoms. The molecule has 0 aliphatic carbocycles. The summed E-state index contributed by atoms with van der Waals surface area (Å²) in [5.74, 6) is 6.44. The molecule has 6 rings (SSSR count). The van der Waals surface area contributed by atoms with Crippen LogP contribution in [0.5, 0.6) is 0 Å². The van der Waals surface area contributed by atoms with Crippen LogP contribution in [0.3, 0.4) is 0 Å². The lowest BCUT2D eigenvalue weighted by Crippen LogP contribution is -2.60. The van der Waals surface area contributed by atoms with Gasteiger partial charge in [-0.2, -0.15) is 0 Å². The molecule has 0 saturated carbocycles. The predicted octanol–water partition coefficient (Wildman–Crippen LogP) is 6.64. The maximum absolute atomic E-state index is 6.81. The molecule has 2 aliphatic rings. The first-order chi connectivity index (χ1) is 20.8. The molecule has 2 heterocycles. The van der Waals surface area contributed by atoms with E-state index in [0.717, 1.165) is 27.1 Å². The predicted molar refractivity (Wildman–Crippen MR) is 164 cm³/mol. The van der Waals surface area contributed by atoms with Crippen LogP contribution in [0.1, 0.15) is 22.3 Å². The Kier molecular flexibility index (Phi) is 10.0. The zero-order valence-electron chi connectivity index (χ0n) is 23.3. The molecule has 6 heteroatoms. The second-order valence-corrected chi connectivity index (χ2v) is 11.4. The maximum atomic E-state index is 6.81. The first-order valence-corrected chi connectivity index (χ1v) is 15.2. The Hall–Kier alpha value is -3.41. The molecular weight excluding hydrogens is 544 g/mol. The lowest BCUT2D eigenvalue weighted by atomic mass is 9.99. The van der Waals surface area contributed by atoms with E-state index in [2.05, 4.69) is 54.3 Å². The molecule has 2 bridgehead atoms. The second-order valence-electron chi connectivity index (χ2n) is 10.3. The van der Waals surface area contributed by atoms with Gasteiger partial charge in [-0.05, 0) is 28.8 Å². The van der Waals surface area contributed by atoms with Crippen LogP contribution in [0, 0.1) is 11.8 Å². The Morgan fingerprint density at radius 2 is 1.14 bits per heavy atom. The van der Waals surface area contributed by atoms with Crippen molar-refractivity contribution in [2.45, 2.75) is 54.6 Å². The van der Waals surface area contributed by atoms with Gasteiger partial charge >= 0.3 is 0 Å². The number of fused-ring (bicyclic) bond motifs is 3. The van der Waals surface area contributed by atoms with E-state index in [1.807, 2.05) is 72.8 Å². The number of hydrogen-bond acceptors (Lipinski definition) is 6. The highest BCUT2D eigenvalue weighted by Crippen LogP contribution is 2.39. The van der Waals surface area contributed by atoms with Crippen LogP contribution in [0.2, 0.25) is 0 Å². The van der Waals surface area contributed by atoms with Gasteiger partial charge in [0.1, 0.15) is 36.5 Å². The van der Waals surface area contributed by atoms with Crippen LogP contribution in [-0.2, 0) is 43.5 Å². The summed E-state index contributed by atoms with van der Waals surface area (Å²) < 4.78 is 33.0. The molecular formula is C36H34O5S. The average Bonchev–Trinajstić information content (AvgIpc) is 3.08. The third-order valence-corrected chi connectivity index (χ3v) is 8.48. The highest BCUT2D eigenvalue weighted by Gasteiger charge is 2.49. The molecule has 4 aromatic carbocycles. The number of thioether (sulfide) groups is 1. The van der Waals surface area contributed by atoms with E-state index in [-0.39, 0.29) is 11.5 Å². The van der Waals surface area contributed by atoms with Gasteiger partial charge in [-0.1, -0.05) is 127 Å². The van der Waals surface area contributed by atoms with E-state index in [1.54, 1.807) is 11.8 Å². The smallest absolute Gasteiger partial charge is 0.137 e. The topological polar surface area (TPSA) is 46.2 Å². The lowest BCUT2D eigenvalue weighted by molar-refractivity contribution is -0.253. The summed E-state index contributed by atoms with van der Waals surface area (Å²) in [6.07, 6.45) is -1.67. The van der Waals surface area contributed by atoms with Crippen molar-refractivity contribution in [2.75, 3.05) is 13.2 Å². The second kappa shape index (κ2) is 14.7. The van der Waals surface area contributed by atoms with Gasteiger partial charge in [0, 0.05) is 10.5 Å². The molecule has 0 N–H and O–H groups in total. The maximum Gasteiger partial charge on any atom is 0.137 e. The van der Waals surface area contributed by atoms with E-state index in [9.17, 15) is 0 Å².